The van der Waals surface area contributed by atoms with Gasteiger partial charge in [-0.25, -0.2) is 13.8 Å². The predicted molar refractivity (Wildman–Crippen MR) is 103 cm³/mol. The molecule has 0 saturated carbocycles. The van der Waals surface area contributed by atoms with Crippen molar-refractivity contribution in [3.8, 4) is 0 Å². The fourth-order valence-electron chi connectivity index (χ4n) is 3.00. The highest BCUT2D eigenvalue weighted by Gasteiger charge is 2.33. The van der Waals surface area contributed by atoms with Gasteiger partial charge in [-0.2, -0.15) is 9.41 Å². The number of nitrogens with one attached hydrogen (secondary N) is 1. The lowest BCUT2D eigenvalue weighted by Gasteiger charge is -2.30. The van der Waals surface area contributed by atoms with E-state index >= 15 is 0 Å². The largest absolute Gasteiger partial charge is 0.273 e. The number of hydrogen-bond acceptors (Lipinski definition) is 5. The molecule has 27 heavy (non-hydrogen) atoms. The lowest BCUT2D eigenvalue weighted by atomic mass is 9.99. The second kappa shape index (κ2) is 8.41. The first kappa shape index (κ1) is 19.2. The van der Waals surface area contributed by atoms with E-state index in [-0.39, 0.29) is 17.3 Å². The van der Waals surface area contributed by atoms with Crippen molar-refractivity contribution >= 4 is 21.6 Å². The Morgan fingerprint density at radius 3 is 2.59 bits per heavy atom. The summed E-state index contributed by atoms with van der Waals surface area (Å²) in [6.45, 7) is 2.37. The summed E-state index contributed by atoms with van der Waals surface area (Å²) in [5.41, 5.74) is 4.10. The third-order valence-electron chi connectivity index (χ3n) is 4.57. The lowest BCUT2D eigenvalue weighted by Crippen LogP contribution is -2.44. The molecule has 8 heteroatoms. The molecular weight excluding hydrogens is 364 g/mol. The summed E-state index contributed by atoms with van der Waals surface area (Å²) in [6, 6.07) is 11.9. The Labute approximate surface area is 159 Å². The molecule has 0 spiro atoms. The standard InChI is InChI=1S/C19H22N4O3S/c1-15(16-9-11-20-12-10-16)21-22-19(24)17-6-5-13-23(14-17)27(25,26)18-7-3-2-4-8-18/h2-4,7-12,17H,5-6,13-14H2,1H3,(H,22,24)/b21-15-/t17-/m0/s1. The number of rotatable bonds is 5. The van der Waals surface area contributed by atoms with Crippen LogP contribution in [-0.4, -0.2) is 42.4 Å². The molecule has 1 amide bonds. The maximum Gasteiger partial charge on any atom is 0.244 e. The number of sulfonamides is 1. The highest BCUT2D eigenvalue weighted by atomic mass is 32.2. The first-order valence-electron chi connectivity index (χ1n) is 8.78. The minimum Gasteiger partial charge on any atom is -0.273 e. The molecule has 1 saturated heterocycles. The van der Waals surface area contributed by atoms with Crippen molar-refractivity contribution in [1.29, 1.82) is 0 Å². The topological polar surface area (TPSA) is 91.7 Å². The van der Waals surface area contributed by atoms with Crippen LogP contribution in [-0.2, 0) is 14.8 Å². The van der Waals surface area contributed by atoms with E-state index in [1.807, 2.05) is 0 Å². The number of amides is 1. The van der Waals surface area contributed by atoms with Crippen LogP contribution in [0, 0.1) is 5.92 Å². The summed E-state index contributed by atoms with van der Waals surface area (Å²) >= 11 is 0. The highest BCUT2D eigenvalue weighted by Crippen LogP contribution is 2.23. The average molecular weight is 386 g/mol. The van der Waals surface area contributed by atoms with Gasteiger partial charge in [0.1, 0.15) is 0 Å². The van der Waals surface area contributed by atoms with Crippen molar-refractivity contribution in [3.63, 3.8) is 0 Å². The second-order valence-electron chi connectivity index (χ2n) is 6.42. The van der Waals surface area contributed by atoms with Crippen LogP contribution in [0.25, 0.3) is 0 Å². The van der Waals surface area contributed by atoms with E-state index in [4.69, 9.17) is 0 Å². The Kier molecular flexibility index (Phi) is 5.98. The third-order valence-corrected chi connectivity index (χ3v) is 6.45. The molecule has 7 nitrogen and oxygen atoms in total. The Bertz CT molecular complexity index is 914. The van der Waals surface area contributed by atoms with Crippen LogP contribution in [0.5, 0.6) is 0 Å². The number of pyridine rings is 1. The molecule has 0 aliphatic carbocycles. The molecule has 1 aliphatic heterocycles. The van der Waals surface area contributed by atoms with E-state index in [0.29, 0.717) is 25.1 Å². The van der Waals surface area contributed by atoms with Crippen molar-refractivity contribution in [1.82, 2.24) is 14.7 Å². The molecule has 2 aromatic rings. The van der Waals surface area contributed by atoms with Crippen LogP contribution in [0.3, 0.4) is 0 Å². The van der Waals surface area contributed by atoms with Gasteiger partial charge in [-0.3, -0.25) is 9.78 Å². The molecular formula is C19H22N4O3S. The zero-order valence-corrected chi connectivity index (χ0v) is 15.9. The van der Waals surface area contributed by atoms with Crippen molar-refractivity contribution < 1.29 is 13.2 Å². The van der Waals surface area contributed by atoms with Gasteiger partial charge in [0.15, 0.2) is 0 Å². The summed E-state index contributed by atoms with van der Waals surface area (Å²) in [5, 5.41) is 4.14. The minimum absolute atomic E-state index is 0.160. The van der Waals surface area contributed by atoms with E-state index in [9.17, 15) is 13.2 Å². The van der Waals surface area contributed by atoms with Gasteiger partial charge in [-0.05, 0) is 44.0 Å². The molecule has 0 unspecified atom stereocenters. The van der Waals surface area contributed by atoms with Gasteiger partial charge in [0.25, 0.3) is 0 Å². The number of hydrazone groups is 1. The second-order valence-corrected chi connectivity index (χ2v) is 8.36. The Hall–Kier alpha value is -2.58. The lowest BCUT2D eigenvalue weighted by molar-refractivity contribution is -0.126. The molecule has 2 heterocycles. The monoisotopic (exact) mass is 386 g/mol. The van der Waals surface area contributed by atoms with Gasteiger partial charge in [0.05, 0.1) is 16.5 Å². The number of carbonyl (C=O) groups excluding carboxylic acids is 1. The molecule has 1 N–H and O–H groups in total. The Balaban J connectivity index is 1.66. The first-order chi connectivity index (χ1) is 13.0. The zero-order valence-electron chi connectivity index (χ0n) is 15.1. The molecule has 3 rings (SSSR count). The molecule has 1 aromatic heterocycles. The van der Waals surface area contributed by atoms with Crippen LogP contribution in [0.15, 0.2) is 64.9 Å². The van der Waals surface area contributed by atoms with Gasteiger partial charge >= 0.3 is 0 Å². The van der Waals surface area contributed by atoms with Crippen LogP contribution in [0.4, 0.5) is 0 Å². The fraction of sp³-hybridized carbons (Fsp3) is 0.316. The zero-order chi connectivity index (χ0) is 19.3. The number of carbonyl (C=O) groups is 1. The summed E-state index contributed by atoms with van der Waals surface area (Å²) in [6.07, 6.45) is 4.58. The van der Waals surface area contributed by atoms with Crippen LogP contribution < -0.4 is 5.43 Å². The fourth-order valence-corrected chi connectivity index (χ4v) is 4.55. The number of piperidine rings is 1. The van der Waals surface area contributed by atoms with E-state index in [1.165, 1.54) is 4.31 Å². The summed E-state index contributed by atoms with van der Waals surface area (Å²) in [4.78, 5) is 16.7. The van der Waals surface area contributed by atoms with Crippen molar-refractivity contribution in [2.24, 2.45) is 11.0 Å². The molecule has 0 radical (unpaired) electrons. The number of nitrogens with zero attached hydrogens (tertiary/aromatic N) is 3. The molecule has 1 atom stereocenters. The maximum absolute atomic E-state index is 12.8. The van der Waals surface area contributed by atoms with Crippen molar-refractivity contribution in [2.75, 3.05) is 13.1 Å². The van der Waals surface area contributed by atoms with Crippen LogP contribution in [0.1, 0.15) is 25.3 Å². The average Bonchev–Trinajstić information content (AvgIpc) is 2.73. The molecule has 1 aromatic carbocycles. The minimum atomic E-state index is -3.59. The number of benzene rings is 1. The maximum atomic E-state index is 12.8. The van der Waals surface area contributed by atoms with E-state index in [1.54, 1.807) is 61.8 Å². The first-order valence-corrected chi connectivity index (χ1v) is 10.2. The highest BCUT2D eigenvalue weighted by molar-refractivity contribution is 7.89. The summed E-state index contributed by atoms with van der Waals surface area (Å²) in [5.74, 6) is -0.692. The molecule has 142 valence electrons. The van der Waals surface area contributed by atoms with Crippen molar-refractivity contribution in [3.05, 3.63) is 60.4 Å². The Morgan fingerprint density at radius 1 is 1.19 bits per heavy atom. The van der Waals surface area contributed by atoms with Gasteiger partial charge in [0.2, 0.25) is 15.9 Å². The van der Waals surface area contributed by atoms with Crippen LogP contribution >= 0.6 is 0 Å². The summed E-state index contributed by atoms with van der Waals surface area (Å²) in [7, 11) is -3.59. The summed E-state index contributed by atoms with van der Waals surface area (Å²) < 4.78 is 26.9. The van der Waals surface area contributed by atoms with Gasteiger partial charge in [-0.1, -0.05) is 18.2 Å². The SMILES string of the molecule is C/C(=N/NC(=O)[C@H]1CCCN(S(=O)(=O)c2ccccc2)C1)c1ccncc1. The smallest absolute Gasteiger partial charge is 0.244 e. The van der Waals surface area contributed by atoms with Crippen molar-refractivity contribution in [2.45, 2.75) is 24.7 Å². The van der Waals surface area contributed by atoms with Gasteiger partial charge in [0, 0.05) is 31.0 Å². The van der Waals surface area contributed by atoms with E-state index in [0.717, 1.165) is 5.56 Å². The Morgan fingerprint density at radius 2 is 1.89 bits per heavy atom. The normalized spacial score (nSPS) is 18.9. The number of hydrogen-bond donors (Lipinski definition) is 1. The van der Waals surface area contributed by atoms with Crippen LogP contribution in [0.2, 0.25) is 0 Å². The number of aromatic nitrogens is 1. The molecule has 0 bridgehead atoms. The predicted octanol–water partition coefficient (Wildman–Crippen LogP) is 2.02. The van der Waals surface area contributed by atoms with E-state index < -0.39 is 15.9 Å². The molecule has 1 aliphatic rings. The van der Waals surface area contributed by atoms with E-state index in [2.05, 4.69) is 15.5 Å². The third kappa shape index (κ3) is 4.58. The quantitative estimate of drug-likeness (QED) is 0.629. The van der Waals surface area contributed by atoms with Gasteiger partial charge < -0.3 is 0 Å². The van der Waals surface area contributed by atoms with Gasteiger partial charge in [-0.15, -0.1) is 0 Å². The molecule has 1 fully saturated rings.